The van der Waals surface area contributed by atoms with E-state index in [9.17, 15) is 23.7 Å². The number of anilines is 3. The van der Waals surface area contributed by atoms with Crippen molar-refractivity contribution >= 4 is 28.8 Å². The molecule has 10 nitrogen and oxygen atoms in total. The molecular formula is C31H36F2N6O4. The molecule has 3 aromatic rings. The predicted molar refractivity (Wildman–Crippen MR) is 161 cm³/mol. The van der Waals surface area contributed by atoms with Crippen molar-refractivity contribution in [2.45, 2.75) is 57.6 Å². The Morgan fingerprint density at radius 1 is 1.00 bits per heavy atom. The summed E-state index contributed by atoms with van der Waals surface area (Å²) in [6.45, 7) is 5.24. The third-order valence-electron chi connectivity index (χ3n) is 7.95. The number of alkyl halides is 2. The minimum atomic E-state index is -3.32. The van der Waals surface area contributed by atoms with Crippen molar-refractivity contribution in [2.75, 3.05) is 41.7 Å². The van der Waals surface area contributed by atoms with Crippen LogP contribution in [0, 0.1) is 17.0 Å². The number of carbonyl (C=O) groups excluding carboxylic acids is 1. The first kappa shape index (κ1) is 30.0. The van der Waals surface area contributed by atoms with Crippen molar-refractivity contribution in [1.29, 1.82) is 0 Å². The average molecular weight is 595 g/mol. The van der Waals surface area contributed by atoms with E-state index >= 15 is 0 Å². The van der Waals surface area contributed by atoms with Gasteiger partial charge in [-0.1, -0.05) is 17.7 Å². The number of benzene rings is 2. The van der Waals surface area contributed by atoms with Crippen LogP contribution < -0.4 is 20.3 Å². The van der Waals surface area contributed by atoms with Gasteiger partial charge in [0, 0.05) is 74.5 Å². The quantitative estimate of drug-likeness (QED) is 0.224. The molecule has 2 aliphatic rings. The van der Waals surface area contributed by atoms with Crippen LogP contribution in [0.5, 0.6) is 5.88 Å². The predicted octanol–water partition coefficient (Wildman–Crippen LogP) is 6.57. The van der Waals surface area contributed by atoms with E-state index in [1.54, 1.807) is 6.20 Å². The molecule has 43 heavy (non-hydrogen) atoms. The van der Waals surface area contributed by atoms with Crippen LogP contribution in [-0.2, 0) is 5.92 Å². The molecule has 0 unspecified atom stereocenters. The molecular weight excluding hydrogens is 558 g/mol. The lowest BCUT2D eigenvalue weighted by molar-refractivity contribution is -0.386. The number of hydrogen-bond donors (Lipinski definition) is 2. The summed E-state index contributed by atoms with van der Waals surface area (Å²) < 4.78 is 34.2. The molecule has 2 heterocycles. The number of piperazine rings is 1. The number of aryl methyl sites for hydroxylation is 1. The minimum absolute atomic E-state index is 0.0319. The maximum absolute atomic E-state index is 14.0. The van der Waals surface area contributed by atoms with E-state index in [2.05, 4.69) is 20.5 Å². The molecule has 1 saturated heterocycles. The summed E-state index contributed by atoms with van der Waals surface area (Å²) in [6.07, 6.45) is 4.71. The number of carbonyl (C=O) groups is 1. The standard InChI is InChI=1S/C31H36F2N6O4/c1-21-3-5-23(6-4-21)36-30(40)38-17-15-37(16-18-38)25-13-14-34-29(20-25)43-26-10-7-22(8-11-26)35-24-9-12-28(39(41)42)27(19-24)31(2,32)33/h3-6,9,12-14,19-20,22,26,35H,7-8,10-11,15-18H2,1-2H3,(H,36,40). The van der Waals surface area contributed by atoms with E-state index in [4.69, 9.17) is 4.74 Å². The van der Waals surface area contributed by atoms with Crippen molar-refractivity contribution in [2.24, 2.45) is 0 Å². The number of pyridine rings is 1. The molecule has 228 valence electrons. The van der Waals surface area contributed by atoms with Crippen LogP contribution in [0.25, 0.3) is 0 Å². The Kier molecular flexibility index (Phi) is 8.93. The lowest BCUT2D eigenvalue weighted by atomic mass is 9.92. The highest BCUT2D eigenvalue weighted by Gasteiger charge is 2.34. The van der Waals surface area contributed by atoms with Gasteiger partial charge in [-0.15, -0.1) is 0 Å². The van der Waals surface area contributed by atoms with Crippen LogP contribution in [0.2, 0.25) is 0 Å². The average Bonchev–Trinajstić information content (AvgIpc) is 2.99. The molecule has 2 fully saturated rings. The van der Waals surface area contributed by atoms with Gasteiger partial charge in [0.05, 0.1) is 4.92 Å². The third kappa shape index (κ3) is 7.68. The van der Waals surface area contributed by atoms with Crippen molar-refractivity contribution in [3.8, 4) is 5.88 Å². The number of nitro benzene ring substituents is 1. The number of urea groups is 1. The maximum Gasteiger partial charge on any atom is 0.321 e. The molecule has 0 spiro atoms. The fraction of sp³-hybridized carbons (Fsp3) is 0.419. The Morgan fingerprint density at radius 2 is 1.67 bits per heavy atom. The summed E-state index contributed by atoms with van der Waals surface area (Å²) >= 11 is 0. The molecule has 1 aliphatic carbocycles. The zero-order chi connectivity index (χ0) is 30.6. The highest BCUT2D eigenvalue weighted by atomic mass is 19.3. The molecule has 2 amide bonds. The van der Waals surface area contributed by atoms with Crippen molar-refractivity contribution in [1.82, 2.24) is 9.88 Å². The number of nitro groups is 1. The van der Waals surface area contributed by atoms with Gasteiger partial charge in [-0.25, -0.2) is 18.6 Å². The molecule has 0 radical (unpaired) electrons. The lowest BCUT2D eigenvalue weighted by Crippen LogP contribution is -2.50. The van der Waals surface area contributed by atoms with Gasteiger partial charge in [-0.3, -0.25) is 10.1 Å². The van der Waals surface area contributed by atoms with Crippen LogP contribution >= 0.6 is 0 Å². The number of nitrogens with one attached hydrogen (secondary N) is 2. The first-order chi connectivity index (χ1) is 20.5. The number of amides is 2. The highest BCUT2D eigenvalue weighted by Crippen LogP contribution is 2.37. The Bertz CT molecular complexity index is 1430. The molecule has 1 aliphatic heterocycles. The summed E-state index contributed by atoms with van der Waals surface area (Å²) in [6, 6.07) is 15.3. The van der Waals surface area contributed by atoms with Gasteiger partial charge in [-0.05, 0) is 62.9 Å². The van der Waals surface area contributed by atoms with Crippen molar-refractivity contribution in [3.63, 3.8) is 0 Å². The Morgan fingerprint density at radius 3 is 2.33 bits per heavy atom. The number of ether oxygens (including phenoxy) is 1. The van der Waals surface area contributed by atoms with E-state index in [1.807, 2.05) is 48.2 Å². The van der Waals surface area contributed by atoms with E-state index in [1.165, 1.54) is 12.1 Å². The molecule has 0 bridgehead atoms. The van der Waals surface area contributed by atoms with E-state index in [0.29, 0.717) is 44.7 Å². The van der Waals surface area contributed by atoms with E-state index in [-0.39, 0.29) is 18.2 Å². The number of halogens is 2. The summed E-state index contributed by atoms with van der Waals surface area (Å²) in [5, 5.41) is 17.4. The second-order valence-electron chi connectivity index (χ2n) is 11.2. The minimum Gasteiger partial charge on any atom is -0.474 e. The smallest absolute Gasteiger partial charge is 0.321 e. The van der Waals surface area contributed by atoms with Crippen LogP contribution in [0.1, 0.15) is 43.7 Å². The summed E-state index contributed by atoms with van der Waals surface area (Å²) in [5.74, 6) is -2.78. The van der Waals surface area contributed by atoms with E-state index in [0.717, 1.165) is 48.7 Å². The molecule has 5 rings (SSSR count). The molecule has 2 N–H and O–H groups in total. The first-order valence-electron chi connectivity index (χ1n) is 14.5. The first-order valence-corrected chi connectivity index (χ1v) is 14.5. The topological polar surface area (TPSA) is 113 Å². The van der Waals surface area contributed by atoms with Crippen LogP contribution in [0.15, 0.2) is 60.8 Å². The van der Waals surface area contributed by atoms with Crippen molar-refractivity contribution in [3.05, 3.63) is 82.0 Å². The monoisotopic (exact) mass is 594 g/mol. The maximum atomic E-state index is 14.0. The summed E-state index contributed by atoms with van der Waals surface area (Å²) in [7, 11) is 0. The second-order valence-corrected chi connectivity index (χ2v) is 11.2. The zero-order valence-corrected chi connectivity index (χ0v) is 24.3. The summed E-state index contributed by atoms with van der Waals surface area (Å²) in [4.78, 5) is 31.5. The third-order valence-corrected chi connectivity index (χ3v) is 7.95. The Hall–Kier alpha value is -4.48. The van der Waals surface area contributed by atoms with Gasteiger partial charge >= 0.3 is 6.03 Å². The molecule has 0 atom stereocenters. The zero-order valence-electron chi connectivity index (χ0n) is 24.3. The molecule has 2 aromatic carbocycles. The van der Waals surface area contributed by atoms with Gasteiger partial charge in [0.15, 0.2) is 0 Å². The molecule has 1 saturated carbocycles. The van der Waals surface area contributed by atoms with Gasteiger partial charge < -0.3 is 25.2 Å². The number of aromatic nitrogens is 1. The lowest BCUT2D eigenvalue weighted by Gasteiger charge is -2.36. The number of hydrogen-bond acceptors (Lipinski definition) is 7. The van der Waals surface area contributed by atoms with Crippen LogP contribution in [-0.4, -0.2) is 59.2 Å². The van der Waals surface area contributed by atoms with Crippen molar-refractivity contribution < 1.29 is 23.2 Å². The summed E-state index contributed by atoms with van der Waals surface area (Å²) in [5.41, 5.74) is 2.15. The SMILES string of the molecule is Cc1ccc(NC(=O)N2CCN(c3ccnc(OC4CCC(Nc5ccc([N+](=O)[O-])c(C(C)(F)F)c5)CC4)c3)CC2)cc1. The van der Waals surface area contributed by atoms with Gasteiger partial charge in [-0.2, -0.15) is 0 Å². The fourth-order valence-corrected chi connectivity index (χ4v) is 5.54. The molecule has 12 heteroatoms. The van der Waals surface area contributed by atoms with E-state index < -0.39 is 22.1 Å². The van der Waals surface area contributed by atoms with Crippen LogP contribution in [0.3, 0.4) is 0 Å². The van der Waals surface area contributed by atoms with Gasteiger partial charge in [0.2, 0.25) is 5.88 Å². The Labute approximate surface area is 249 Å². The second kappa shape index (κ2) is 12.8. The molecule has 1 aromatic heterocycles. The number of nitrogens with zero attached hydrogens (tertiary/aromatic N) is 4. The van der Waals surface area contributed by atoms with Crippen LogP contribution in [0.4, 0.5) is 36.3 Å². The highest BCUT2D eigenvalue weighted by molar-refractivity contribution is 5.89. The van der Waals surface area contributed by atoms with Gasteiger partial charge in [0.1, 0.15) is 11.7 Å². The Balaban J connectivity index is 1.10. The largest absolute Gasteiger partial charge is 0.474 e. The van der Waals surface area contributed by atoms with Gasteiger partial charge in [0.25, 0.3) is 11.6 Å². The normalized spacial score (nSPS) is 19.1. The fourth-order valence-electron chi connectivity index (χ4n) is 5.54. The number of rotatable bonds is 8.